The number of carbonyl (C=O) groups excluding carboxylic acids is 1. The van der Waals surface area contributed by atoms with E-state index in [-0.39, 0.29) is 0 Å². The van der Waals surface area contributed by atoms with Crippen molar-refractivity contribution in [2.24, 2.45) is 5.73 Å². The number of nitrogen functional groups attached to an aromatic ring is 1. The first-order valence-electron chi connectivity index (χ1n) is 4.50. The fraction of sp³-hybridized carbons (Fsp3) is 0.300. The zero-order valence-corrected chi connectivity index (χ0v) is 8.42. The van der Waals surface area contributed by atoms with Crippen LogP contribution in [0.5, 0.6) is 0 Å². The summed E-state index contributed by atoms with van der Waals surface area (Å²) < 4.78 is 0. The van der Waals surface area contributed by atoms with Gasteiger partial charge in [0.05, 0.1) is 16.9 Å². The van der Waals surface area contributed by atoms with Gasteiger partial charge in [-0.15, -0.1) is 0 Å². The van der Waals surface area contributed by atoms with Gasteiger partial charge in [0, 0.05) is 7.05 Å². The lowest BCUT2D eigenvalue weighted by Crippen LogP contribution is -2.17. The van der Waals surface area contributed by atoms with Gasteiger partial charge in [-0.1, -0.05) is 13.0 Å². The minimum atomic E-state index is -0.476. The summed E-state index contributed by atoms with van der Waals surface area (Å²) in [4.78, 5) is 11.2. The monoisotopic (exact) mass is 193 g/mol. The van der Waals surface area contributed by atoms with Gasteiger partial charge in [-0.3, -0.25) is 4.79 Å². The molecule has 0 aliphatic rings. The number of nitrogens with two attached hydrogens (primary N) is 2. The van der Waals surface area contributed by atoms with E-state index in [2.05, 4.69) is 5.32 Å². The molecule has 76 valence electrons. The Bertz CT molecular complexity index is 361. The molecule has 0 radical (unpaired) electrons. The zero-order valence-electron chi connectivity index (χ0n) is 8.42. The number of hydrogen-bond acceptors (Lipinski definition) is 3. The van der Waals surface area contributed by atoms with Crippen LogP contribution in [0.1, 0.15) is 22.8 Å². The number of primary amides is 1. The average molecular weight is 193 g/mol. The smallest absolute Gasteiger partial charge is 0.251 e. The molecule has 0 aliphatic heterocycles. The topological polar surface area (TPSA) is 81.1 Å². The highest BCUT2D eigenvalue weighted by molar-refractivity contribution is 6.02. The molecule has 0 aliphatic carbocycles. The first-order chi connectivity index (χ1) is 6.61. The molecule has 0 fully saturated rings. The molecular formula is C10H15N3O. The highest BCUT2D eigenvalue weighted by Gasteiger charge is 2.13. The lowest BCUT2D eigenvalue weighted by atomic mass is 10.0. The van der Waals surface area contributed by atoms with Crippen LogP contribution in [0.2, 0.25) is 0 Å². The molecule has 4 nitrogen and oxygen atoms in total. The molecule has 5 N–H and O–H groups in total. The van der Waals surface area contributed by atoms with Crippen LogP contribution in [0.4, 0.5) is 11.4 Å². The lowest BCUT2D eigenvalue weighted by molar-refractivity contribution is 0.100. The predicted molar refractivity (Wildman–Crippen MR) is 58.3 cm³/mol. The molecule has 0 atom stereocenters. The van der Waals surface area contributed by atoms with Gasteiger partial charge in [0.1, 0.15) is 0 Å². The van der Waals surface area contributed by atoms with Crippen molar-refractivity contribution < 1.29 is 4.79 Å². The molecular weight excluding hydrogens is 178 g/mol. The van der Waals surface area contributed by atoms with E-state index in [9.17, 15) is 4.79 Å². The Morgan fingerprint density at radius 3 is 2.57 bits per heavy atom. The molecule has 1 aromatic rings. The van der Waals surface area contributed by atoms with Crippen LogP contribution in [0.25, 0.3) is 0 Å². The summed E-state index contributed by atoms with van der Waals surface area (Å²) in [7, 11) is 1.75. The molecule has 1 aromatic carbocycles. The van der Waals surface area contributed by atoms with Crippen LogP contribution in [-0.4, -0.2) is 13.0 Å². The minimum Gasteiger partial charge on any atom is -0.396 e. The van der Waals surface area contributed by atoms with Crippen molar-refractivity contribution >= 4 is 17.3 Å². The second-order valence-electron chi connectivity index (χ2n) is 3.03. The van der Waals surface area contributed by atoms with Crippen molar-refractivity contribution in [1.82, 2.24) is 0 Å². The predicted octanol–water partition coefficient (Wildman–Crippen LogP) is 0.972. The average Bonchev–Trinajstić information content (AvgIpc) is 2.16. The van der Waals surface area contributed by atoms with E-state index in [1.807, 2.05) is 19.1 Å². The molecule has 0 bridgehead atoms. The second kappa shape index (κ2) is 4.00. The molecule has 4 heteroatoms. The standard InChI is InChI=1S/C10H15N3O/c1-3-6-4-5-7(13-2)9(11)8(6)10(12)14/h4-5,13H,3,11H2,1-2H3,(H2,12,14). The van der Waals surface area contributed by atoms with Gasteiger partial charge in [0.2, 0.25) is 0 Å². The maximum Gasteiger partial charge on any atom is 0.251 e. The third kappa shape index (κ3) is 1.64. The fourth-order valence-corrected chi connectivity index (χ4v) is 1.47. The summed E-state index contributed by atoms with van der Waals surface area (Å²) in [5.41, 5.74) is 13.6. The maximum absolute atomic E-state index is 11.2. The van der Waals surface area contributed by atoms with Crippen molar-refractivity contribution in [3.05, 3.63) is 23.3 Å². The molecule has 14 heavy (non-hydrogen) atoms. The number of carbonyl (C=O) groups is 1. The van der Waals surface area contributed by atoms with Crippen molar-refractivity contribution in [2.45, 2.75) is 13.3 Å². The van der Waals surface area contributed by atoms with Gasteiger partial charge in [-0.2, -0.15) is 0 Å². The lowest BCUT2D eigenvalue weighted by Gasteiger charge is -2.12. The summed E-state index contributed by atoms with van der Waals surface area (Å²) >= 11 is 0. The van der Waals surface area contributed by atoms with Gasteiger partial charge < -0.3 is 16.8 Å². The summed E-state index contributed by atoms with van der Waals surface area (Å²) in [5, 5.41) is 2.91. The first kappa shape index (κ1) is 10.4. The van der Waals surface area contributed by atoms with E-state index in [0.717, 1.165) is 17.7 Å². The van der Waals surface area contributed by atoms with Gasteiger partial charge >= 0.3 is 0 Å². The summed E-state index contributed by atoms with van der Waals surface area (Å²) in [5.74, 6) is -0.476. The third-order valence-electron chi connectivity index (χ3n) is 2.23. The first-order valence-corrected chi connectivity index (χ1v) is 4.50. The molecule has 0 saturated heterocycles. The van der Waals surface area contributed by atoms with Gasteiger partial charge in [0.15, 0.2) is 0 Å². The molecule has 0 heterocycles. The van der Waals surface area contributed by atoms with Crippen molar-refractivity contribution in [3.8, 4) is 0 Å². The molecule has 0 spiro atoms. The fourth-order valence-electron chi connectivity index (χ4n) is 1.47. The second-order valence-corrected chi connectivity index (χ2v) is 3.03. The van der Waals surface area contributed by atoms with Gasteiger partial charge in [-0.05, 0) is 18.1 Å². The van der Waals surface area contributed by atoms with Crippen LogP contribution >= 0.6 is 0 Å². The Morgan fingerprint density at radius 1 is 1.50 bits per heavy atom. The van der Waals surface area contributed by atoms with Crippen molar-refractivity contribution in [2.75, 3.05) is 18.1 Å². The maximum atomic E-state index is 11.2. The van der Waals surface area contributed by atoms with Crippen molar-refractivity contribution in [3.63, 3.8) is 0 Å². The van der Waals surface area contributed by atoms with Gasteiger partial charge in [0.25, 0.3) is 5.91 Å². The van der Waals surface area contributed by atoms with E-state index in [1.54, 1.807) is 7.05 Å². The highest BCUT2D eigenvalue weighted by atomic mass is 16.1. The Balaban J connectivity index is 3.39. The Hall–Kier alpha value is -1.71. The molecule has 1 rings (SSSR count). The van der Waals surface area contributed by atoms with Gasteiger partial charge in [-0.25, -0.2) is 0 Å². The van der Waals surface area contributed by atoms with E-state index >= 15 is 0 Å². The molecule has 0 aromatic heterocycles. The van der Waals surface area contributed by atoms with Crippen molar-refractivity contribution in [1.29, 1.82) is 0 Å². The Labute approximate surface area is 83.3 Å². The Morgan fingerprint density at radius 2 is 2.14 bits per heavy atom. The quantitative estimate of drug-likeness (QED) is 0.626. The number of nitrogens with one attached hydrogen (secondary N) is 1. The summed E-state index contributed by atoms with van der Waals surface area (Å²) in [6.07, 6.45) is 0.743. The van der Waals surface area contributed by atoms with Crippen LogP contribution in [-0.2, 0) is 6.42 Å². The number of anilines is 2. The van der Waals surface area contributed by atoms with E-state index in [4.69, 9.17) is 11.5 Å². The van der Waals surface area contributed by atoms with Crippen LogP contribution < -0.4 is 16.8 Å². The Kier molecular flexibility index (Phi) is 2.96. The number of hydrogen-bond donors (Lipinski definition) is 3. The molecule has 1 amide bonds. The van der Waals surface area contributed by atoms with Crippen LogP contribution in [0.3, 0.4) is 0 Å². The highest BCUT2D eigenvalue weighted by Crippen LogP contribution is 2.25. The van der Waals surface area contributed by atoms with Crippen LogP contribution in [0.15, 0.2) is 12.1 Å². The summed E-state index contributed by atoms with van der Waals surface area (Å²) in [6, 6.07) is 3.71. The van der Waals surface area contributed by atoms with E-state index in [0.29, 0.717) is 11.3 Å². The number of aryl methyl sites for hydroxylation is 1. The number of amides is 1. The van der Waals surface area contributed by atoms with Crippen LogP contribution in [0, 0.1) is 0 Å². The minimum absolute atomic E-state index is 0.430. The number of benzene rings is 1. The summed E-state index contributed by atoms with van der Waals surface area (Å²) in [6.45, 7) is 1.96. The molecule has 0 unspecified atom stereocenters. The number of rotatable bonds is 3. The largest absolute Gasteiger partial charge is 0.396 e. The SMILES string of the molecule is CCc1ccc(NC)c(N)c1C(N)=O. The third-order valence-corrected chi connectivity index (χ3v) is 2.23. The normalized spacial score (nSPS) is 9.86. The zero-order chi connectivity index (χ0) is 10.7. The molecule has 0 saturated carbocycles. The van der Waals surface area contributed by atoms with E-state index < -0.39 is 5.91 Å². The van der Waals surface area contributed by atoms with E-state index in [1.165, 1.54) is 0 Å².